The fraction of sp³-hybridized carbons (Fsp3) is 0.250. The lowest BCUT2D eigenvalue weighted by molar-refractivity contribution is -0.139. The zero-order valence-corrected chi connectivity index (χ0v) is 16.4. The lowest BCUT2D eigenvalue weighted by atomic mass is 10.0. The Morgan fingerprint density at radius 1 is 0.893 bits per heavy atom. The molecular formula is C24H26O4. The van der Waals surface area contributed by atoms with Crippen molar-refractivity contribution in [3.8, 4) is 16.9 Å². The van der Waals surface area contributed by atoms with E-state index in [4.69, 9.17) is 9.47 Å². The lowest BCUT2D eigenvalue weighted by Gasteiger charge is -2.08. The fourth-order valence-electron chi connectivity index (χ4n) is 2.43. The highest BCUT2D eigenvalue weighted by Gasteiger charge is 2.02. The first-order valence-electron chi connectivity index (χ1n) is 9.30. The molecule has 0 fully saturated rings. The first-order valence-corrected chi connectivity index (χ1v) is 9.30. The first-order chi connectivity index (χ1) is 13.5. The second-order valence-electron chi connectivity index (χ2n) is 6.56. The van der Waals surface area contributed by atoms with Crippen LogP contribution in [0.4, 0.5) is 0 Å². The van der Waals surface area contributed by atoms with Crippen LogP contribution < -0.4 is 4.74 Å². The monoisotopic (exact) mass is 378 g/mol. The van der Waals surface area contributed by atoms with Gasteiger partial charge in [-0.2, -0.15) is 0 Å². The molecule has 2 aromatic rings. The predicted molar refractivity (Wildman–Crippen MR) is 112 cm³/mol. The number of carbonyl (C=O) groups excluding carboxylic acids is 2. The van der Waals surface area contributed by atoms with Crippen LogP contribution in [0.25, 0.3) is 17.2 Å². The molecule has 4 heteroatoms. The van der Waals surface area contributed by atoms with Gasteiger partial charge in [0.25, 0.3) is 0 Å². The Kier molecular flexibility index (Phi) is 8.22. The number of ether oxygens (including phenoxy) is 2. The topological polar surface area (TPSA) is 52.6 Å². The largest absolute Gasteiger partial charge is 0.494 e. The summed E-state index contributed by atoms with van der Waals surface area (Å²) in [5.41, 5.74) is 3.61. The van der Waals surface area contributed by atoms with Crippen LogP contribution in [-0.4, -0.2) is 25.0 Å². The maximum Gasteiger partial charge on any atom is 0.333 e. The molecule has 28 heavy (non-hydrogen) atoms. The van der Waals surface area contributed by atoms with Gasteiger partial charge < -0.3 is 9.47 Å². The van der Waals surface area contributed by atoms with E-state index in [1.807, 2.05) is 54.6 Å². The molecular weight excluding hydrogens is 352 g/mol. The Balaban J connectivity index is 1.77. The van der Waals surface area contributed by atoms with E-state index < -0.39 is 0 Å². The Morgan fingerprint density at radius 3 is 2.04 bits per heavy atom. The summed E-state index contributed by atoms with van der Waals surface area (Å²) in [6, 6.07) is 16.0. The van der Waals surface area contributed by atoms with E-state index in [1.54, 1.807) is 13.0 Å². The van der Waals surface area contributed by atoms with Gasteiger partial charge in [0, 0.05) is 5.57 Å². The number of benzene rings is 2. The minimum Gasteiger partial charge on any atom is -0.494 e. The maximum absolute atomic E-state index is 11.3. The standard InChI is InChI=1S/C24H26O4/c1-18(2)24(26)28-17-5-4-16-27-23-14-12-22(13-15-23)21-10-8-20(9-11-21)7-6-19(3)25/h6-15H,1,4-5,16-17H2,2-3H3/b7-6+. The van der Waals surface area contributed by atoms with Gasteiger partial charge in [-0.15, -0.1) is 0 Å². The zero-order valence-electron chi connectivity index (χ0n) is 16.4. The average Bonchev–Trinajstić information content (AvgIpc) is 2.69. The van der Waals surface area contributed by atoms with Crippen LogP contribution in [0.3, 0.4) is 0 Å². The highest BCUT2D eigenvalue weighted by Crippen LogP contribution is 2.23. The van der Waals surface area contributed by atoms with Gasteiger partial charge in [0.2, 0.25) is 0 Å². The molecule has 0 amide bonds. The van der Waals surface area contributed by atoms with Crippen molar-refractivity contribution in [1.82, 2.24) is 0 Å². The fourth-order valence-corrected chi connectivity index (χ4v) is 2.43. The molecule has 0 atom stereocenters. The smallest absolute Gasteiger partial charge is 0.333 e. The molecule has 0 unspecified atom stereocenters. The number of allylic oxidation sites excluding steroid dienone is 1. The van der Waals surface area contributed by atoms with E-state index in [9.17, 15) is 9.59 Å². The molecule has 0 radical (unpaired) electrons. The molecule has 0 aromatic heterocycles. The summed E-state index contributed by atoms with van der Waals surface area (Å²) in [4.78, 5) is 22.2. The summed E-state index contributed by atoms with van der Waals surface area (Å²) < 4.78 is 10.8. The SMILES string of the molecule is C=C(C)C(=O)OCCCCOc1ccc(-c2ccc(/C=C/C(C)=O)cc2)cc1. The van der Waals surface area contributed by atoms with Crippen molar-refractivity contribution < 1.29 is 19.1 Å². The van der Waals surface area contributed by atoms with Gasteiger partial charge >= 0.3 is 5.97 Å². The van der Waals surface area contributed by atoms with E-state index >= 15 is 0 Å². The third-order valence-corrected chi connectivity index (χ3v) is 4.00. The minimum atomic E-state index is -0.348. The zero-order chi connectivity index (χ0) is 20.4. The molecule has 0 bridgehead atoms. The molecule has 0 heterocycles. The Hall–Kier alpha value is -3.14. The van der Waals surface area contributed by atoms with Crippen LogP contribution in [0.5, 0.6) is 5.75 Å². The first kappa shape index (κ1) is 21.2. The molecule has 0 spiro atoms. The molecule has 0 aliphatic carbocycles. The number of esters is 1. The van der Waals surface area contributed by atoms with Crippen LogP contribution in [-0.2, 0) is 14.3 Å². The number of ketones is 1. The van der Waals surface area contributed by atoms with Gasteiger partial charge in [-0.05, 0) is 61.6 Å². The summed E-state index contributed by atoms with van der Waals surface area (Å²) in [6.07, 6.45) is 4.93. The summed E-state index contributed by atoms with van der Waals surface area (Å²) in [5, 5.41) is 0. The van der Waals surface area contributed by atoms with Crippen LogP contribution in [0.2, 0.25) is 0 Å². The van der Waals surface area contributed by atoms with Gasteiger partial charge in [0.15, 0.2) is 5.78 Å². The van der Waals surface area contributed by atoms with Crippen molar-refractivity contribution in [1.29, 1.82) is 0 Å². The molecule has 0 aliphatic rings. The normalized spacial score (nSPS) is 10.6. The third kappa shape index (κ3) is 7.23. The van der Waals surface area contributed by atoms with Gasteiger partial charge in [-0.3, -0.25) is 4.79 Å². The van der Waals surface area contributed by atoms with Gasteiger partial charge in [-0.1, -0.05) is 49.1 Å². The van der Waals surface area contributed by atoms with Crippen molar-refractivity contribution in [2.45, 2.75) is 26.7 Å². The van der Waals surface area contributed by atoms with Gasteiger partial charge in [0.1, 0.15) is 5.75 Å². The van der Waals surface area contributed by atoms with E-state index in [-0.39, 0.29) is 11.8 Å². The van der Waals surface area contributed by atoms with E-state index in [0.29, 0.717) is 18.8 Å². The van der Waals surface area contributed by atoms with Crippen LogP contribution in [0.1, 0.15) is 32.3 Å². The maximum atomic E-state index is 11.3. The number of rotatable bonds is 10. The minimum absolute atomic E-state index is 0.0348. The van der Waals surface area contributed by atoms with Crippen LogP contribution in [0.15, 0.2) is 66.8 Å². The second-order valence-corrected chi connectivity index (χ2v) is 6.56. The van der Waals surface area contributed by atoms with Gasteiger partial charge in [0.05, 0.1) is 13.2 Å². The van der Waals surface area contributed by atoms with E-state index in [1.165, 1.54) is 6.92 Å². The van der Waals surface area contributed by atoms with Crippen molar-refractivity contribution in [2.75, 3.05) is 13.2 Å². The predicted octanol–water partition coefficient (Wildman–Crippen LogP) is 5.23. The van der Waals surface area contributed by atoms with Crippen LogP contribution in [0, 0.1) is 0 Å². The number of unbranched alkanes of at least 4 members (excludes halogenated alkanes) is 1. The third-order valence-electron chi connectivity index (χ3n) is 4.00. The molecule has 4 nitrogen and oxygen atoms in total. The average molecular weight is 378 g/mol. The van der Waals surface area contributed by atoms with Crippen molar-refractivity contribution in [2.24, 2.45) is 0 Å². The van der Waals surface area contributed by atoms with Crippen molar-refractivity contribution in [3.63, 3.8) is 0 Å². The number of hydrogen-bond donors (Lipinski definition) is 0. The molecule has 2 aromatic carbocycles. The molecule has 0 saturated carbocycles. The molecule has 2 rings (SSSR count). The molecule has 0 aliphatic heterocycles. The van der Waals surface area contributed by atoms with Gasteiger partial charge in [-0.25, -0.2) is 4.79 Å². The number of hydrogen-bond acceptors (Lipinski definition) is 4. The van der Waals surface area contributed by atoms with E-state index in [2.05, 4.69) is 6.58 Å². The van der Waals surface area contributed by atoms with Crippen molar-refractivity contribution in [3.05, 3.63) is 72.3 Å². The number of carbonyl (C=O) groups is 2. The molecule has 146 valence electrons. The van der Waals surface area contributed by atoms with Crippen LogP contribution >= 0.6 is 0 Å². The highest BCUT2D eigenvalue weighted by atomic mass is 16.5. The van der Waals surface area contributed by atoms with E-state index in [0.717, 1.165) is 35.3 Å². The second kappa shape index (κ2) is 10.9. The Morgan fingerprint density at radius 2 is 1.46 bits per heavy atom. The highest BCUT2D eigenvalue weighted by molar-refractivity contribution is 5.91. The quantitative estimate of drug-likeness (QED) is 0.322. The lowest BCUT2D eigenvalue weighted by Crippen LogP contribution is -2.07. The molecule has 0 N–H and O–H groups in total. The summed E-state index contributed by atoms with van der Waals surface area (Å²) in [5.74, 6) is 0.496. The summed E-state index contributed by atoms with van der Waals surface area (Å²) in [6.45, 7) is 7.66. The Labute approximate surface area is 166 Å². The summed E-state index contributed by atoms with van der Waals surface area (Å²) >= 11 is 0. The van der Waals surface area contributed by atoms with Crippen molar-refractivity contribution >= 4 is 17.8 Å². The summed E-state index contributed by atoms with van der Waals surface area (Å²) in [7, 11) is 0. The molecule has 0 saturated heterocycles. The Bertz CT molecular complexity index is 830.